The molecule has 1 aliphatic rings. The average Bonchev–Trinajstić information content (AvgIpc) is 3.01. The maximum Gasteiger partial charge on any atom is 0.251 e. The fourth-order valence-corrected chi connectivity index (χ4v) is 2.88. The largest absolute Gasteiger partial charge is 0.351 e. The highest BCUT2D eigenvalue weighted by atomic mass is 16.2. The number of carbonyl (C=O) groups is 2. The lowest BCUT2D eigenvalue weighted by Crippen LogP contribution is -2.37. The van der Waals surface area contributed by atoms with E-state index in [2.05, 4.69) is 22.6 Å². The van der Waals surface area contributed by atoms with Crippen molar-refractivity contribution in [1.82, 2.24) is 10.2 Å². The van der Waals surface area contributed by atoms with Gasteiger partial charge in [0.1, 0.15) is 0 Å². The van der Waals surface area contributed by atoms with Gasteiger partial charge in [-0.05, 0) is 44.2 Å². The lowest BCUT2D eigenvalue weighted by Gasteiger charge is -2.23. The number of rotatable bonds is 6. The van der Waals surface area contributed by atoms with E-state index in [0.29, 0.717) is 23.8 Å². The number of benzene rings is 1. The number of anilines is 1. The summed E-state index contributed by atoms with van der Waals surface area (Å²) in [5.74, 6) is -0.193. The summed E-state index contributed by atoms with van der Waals surface area (Å²) in [6.07, 6.45) is 5.19. The van der Waals surface area contributed by atoms with Crippen molar-refractivity contribution in [2.75, 3.05) is 25.5 Å². The van der Waals surface area contributed by atoms with Gasteiger partial charge in [0, 0.05) is 37.3 Å². The van der Waals surface area contributed by atoms with Gasteiger partial charge in [-0.1, -0.05) is 12.8 Å². The van der Waals surface area contributed by atoms with Gasteiger partial charge in [0.25, 0.3) is 5.91 Å². The number of nitrogens with one attached hydrogen (secondary N) is 2. The van der Waals surface area contributed by atoms with E-state index >= 15 is 0 Å². The lowest BCUT2D eigenvalue weighted by molar-refractivity contribution is -0.114. The summed E-state index contributed by atoms with van der Waals surface area (Å²) in [7, 11) is 2.13. The van der Waals surface area contributed by atoms with Crippen molar-refractivity contribution < 1.29 is 9.59 Å². The summed E-state index contributed by atoms with van der Waals surface area (Å²) in [6, 6.07) is 7.60. The Kier molecular flexibility index (Phi) is 5.95. The van der Waals surface area contributed by atoms with Crippen LogP contribution in [0.15, 0.2) is 24.3 Å². The Morgan fingerprint density at radius 3 is 2.41 bits per heavy atom. The fraction of sp³-hybridized carbons (Fsp3) is 0.529. The van der Waals surface area contributed by atoms with Crippen LogP contribution in [-0.4, -0.2) is 42.9 Å². The minimum atomic E-state index is -0.118. The zero-order valence-electron chi connectivity index (χ0n) is 13.4. The quantitative estimate of drug-likeness (QED) is 0.847. The summed E-state index contributed by atoms with van der Waals surface area (Å²) >= 11 is 0. The van der Waals surface area contributed by atoms with E-state index in [1.165, 1.54) is 32.6 Å². The number of amides is 2. The normalized spacial score (nSPS) is 15.0. The van der Waals surface area contributed by atoms with Crippen molar-refractivity contribution in [2.24, 2.45) is 0 Å². The summed E-state index contributed by atoms with van der Waals surface area (Å²) in [6.45, 7) is 2.99. The van der Waals surface area contributed by atoms with E-state index in [-0.39, 0.29) is 11.8 Å². The Morgan fingerprint density at radius 1 is 1.18 bits per heavy atom. The van der Waals surface area contributed by atoms with E-state index in [1.807, 2.05) is 0 Å². The maximum atomic E-state index is 12.1. The standard InChI is InChI=1S/C17H25N3O2/c1-13(21)19-15-9-7-14(8-10-15)17(22)18-11-12-20(2)16-5-3-4-6-16/h7-10,16H,3-6,11-12H2,1-2H3,(H,18,22)(H,19,21). The minimum Gasteiger partial charge on any atom is -0.351 e. The van der Waals surface area contributed by atoms with Crippen LogP contribution in [0.4, 0.5) is 5.69 Å². The Balaban J connectivity index is 1.75. The van der Waals surface area contributed by atoms with Crippen molar-refractivity contribution in [2.45, 2.75) is 38.6 Å². The van der Waals surface area contributed by atoms with Crippen molar-refractivity contribution in [3.05, 3.63) is 29.8 Å². The van der Waals surface area contributed by atoms with Gasteiger partial charge < -0.3 is 15.5 Å². The minimum absolute atomic E-state index is 0.0748. The van der Waals surface area contributed by atoms with E-state index in [1.54, 1.807) is 24.3 Å². The third-order valence-electron chi connectivity index (χ3n) is 4.17. The highest BCUT2D eigenvalue weighted by Crippen LogP contribution is 2.21. The molecule has 1 aromatic rings. The predicted molar refractivity (Wildman–Crippen MR) is 88.0 cm³/mol. The van der Waals surface area contributed by atoms with Crippen LogP contribution in [0.25, 0.3) is 0 Å². The molecule has 0 bridgehead atoms. The Bertz CT molecular complexity index is 507. The van der Waals surface area contributed by atoms with Gasteiger partial charge in [0.05, 0.1) is 0 Å². The molecular weight excluding hydrogens is 278 g/mol. The van der Waals surface area contributed by atoms with Crippen LogP contribution in [0.3, 0.4) is 0 Å². The number of nitrogens with zero attached hydrogens (tertiary/aromatic N) is 1. The number of likely N-dealkylation sites (N-methyl/N-ethyl adjacent to an activating group) is 1. The third kappa shape index (κ3) is 4.84. The molecule has 1 aliphatic carbocycles. The summed E-state index contributed by atoms with van der Waals surface area (Å²) in [4.78, 5) is 25.4. The summed E-state index contributed by atoms with van der Waals surface area (Å²) < 4.78 is 0. The second-order valence-electron chi connectivity index (χ2n) is 5.93. The first-order chi connectivity index (χ1) is 10.6. The van der Waals surface area contributed by atoms with Crippen LogP contribution >= 0.6 is 0 Å². The van der Waals surface area contributed by atoms with Crippen molar-refractivity contribution in [3.8, 4) is 0 Å². The molecule has 5 nitrogen and oxygen atoms in total. The summed E-state index contributed by atoms with van der Waals surface area (Å²) in [5, 5.41) is 5.63. The smallest absolute Gasteiger partial charge is 0.251 e. The second-order valence-corrected chi connectivity index (χ2v) is 5.93. The molecule has 0 radical (unpaired) electrons. The molecule has 0 spiro atoms. The molecule has 0 unspecified atom stereocenters. The van der Waals surface area contributed by atoms with Crippen molar-refractivity contribution in [1.29, 1.82) is 0 Å². The first-order valence-electron chi connectivity index (χ1n) is 7.92. The van der Waals surface area contributed by atoms with E-state index < -0.39 is 0 Å². The van der Waals surface area contributed by atoms with Crippen LogP contribution in [0.5, 0.6) is 0 Å². The Morgan fingerprint density at radius 2 is 1.82 bits per heavy atom. The van der Waals surface area contributed by atoms with Crippen LogP contribution in [0, 0.1) is 0 Å². The van der Waals surface area contributed by atoms with Gasteiger partial charge >= 0.3 is 0 Å². The monoisotopic (exact) mass is 303 g/mol. The number of hydrogen-bond acceptors (Lipinski definition) is 3. The lowest BCUT2D eigenvalue weighted by atomic mass is 10.2. The first-order valence-corrected chi connectivity index (χ1v) is 7.92. The van der Waals surface area contributed by atoms with Gasteiger partial charge in [-0.15, -0.1) is 0 Å². The molecule has 5 heteroatoms. The van der Waals surface area contributed by atoms with Crippen LogP contribution < -0.4 is 10.6 Å². The molecular formula is C17H25N3O2. The molecule has 0 aliphatic heterocycles. The van der Waals surface area contributed by atoms with Gasteiger partial charge in [0.2, 0.25) is 5.91 Å². The highest BCUT2D eigenvalue weighted by Gasteiger charge is 2.19. The van der Waals surface area contributed by atoms with Gasteiger partial charge in [-0.3, -0.25) is 9.59 Å². The topological polar surface area (TPSA) is 61.4 Å². The average molecular weight is 303 g/mol. The molecule has 0 heterocycles. The molecule has 120 valence electrons. The molecule has 22 heavy (non-hydrogen) atoms. The second kappa shape index (κ2) is 7.94. The summed E-state index contributed by atoms with van der Waals surface area (Å²) in [5.41, 5.74) is 1.31. The molecule has 1 aromatic carbocycles. The van der Waals surface area contributed by atoms with Crippen LogP contribution in [0.1, 0.15) is 43.0 Å². The maximum absolute atomic E-state index is 12.1. The zero-order valence-corrected chi connectivity index (χ0v) is 13.4. The van der Waals surface area contributed by atoms with Gasteiger partial charge in [-0.2, -0.15) is 0 Å². The molecule has 2 rings (SSSR count). The molecule has 1 saturated carbocycles. The first kappa shape index (κ1) is 16.5. The predicted octanol–water partition coefficient (Wildman–Crippen LogP) is 2.25. The Hall–Kier alpha value is -1.88. The number of hydrogen-bond donors (Lipinski definition) is 2. The number of carbonyl (C=O) groups excluding carboxylic acids is 2. The fourth-order valence-electron chi connectivity index (χ4n) is 2.88. The van der Waals surface area contributed by atoms with Crippen LogP contribution in [0.2, 0.25) is 0 Å². The van der Waals surface area contributed by atoms with Crippen LogP contribution in [-0.2, 0) is 4.79 Å². The van der Waals surface area contributed by atoms with E-state index in [0.717, 1.165) is 6.54 Å². The molecule has 0 aromatic heterocycles. The Labute approximate surface area is 132 Å². The molecule has 2 amide bonds. The molecule has 0 saturated heterocycles. The molecule has 2 N–H and O–H groups in total. The van der Waals surface area contributed by atoms with Gasteiger partial charge in [0.15, 0.2) is 0 Å². The SMILES string of the molecule is CC(=O)Nc1ccc(C(=O)NCCN(C)C2CCCC2)cc1. The van der Waals surface area contributed by atoms with Crippen molar-refractivity contribution >= 4 is 17.5 Å². The van der Waals surface area contributed by atoms with E-state index in [9.17, 15) is 9.59 Å². The zero-order chi connectivity index (χ0) is 15.9. The van der Waals surface area contributed by atoms with Gasteiger partial charge in [-0.25, -0.2) is 0 Å². The molecule has 0 atom stereocenters. The highest BCUT2D eigenvalue weighted by molar-refractivity contribution is 5.95. The van der Waals surface area contributed by atoms with E-state index in [4.69, 9.17) is 0 Å². The molecule has 1 fully saturated rings. The third-order valence-corrected chi connectivity index (χ3v) is 4.17. The van der Waals surface area contributed by atoms with Crippen molar-refractivity contribution in [3.63, 3.8) is 0 Å².